The van der Waals surface area contributed by atoms with Crippen molar-refractivity contribution >= 4 is 5.71 Å². The SMILES string of the molecule is CCOC1C=C(C2=CC3CN=C3C(N(C)C3CCNC3)=C2)C=C(C#N)C1. The van der Waals surface area contributed by atoms with Crippen LogP contribution in [0.2, 0.25) is 0 Å². The van der Waals surface area contributed by atoms with Gasteiger partial charge in [-0.2, -0.15) is 5.26 Å². The fourth-order valence-electron chi connectivity index (χ4n) is 4.15. The molecule has 3 unspecified atom stereocenters. The van der Waals surface area contributed by atoms with Crippen molar-refractivity contribution in [2.24, 2.45) is 10.9 Å². The number of fused-ring (bicyclic) bond motifs is 1. The Morgan fingerprint density at radius 2 is 2.19 bits per heavy atom. The fraction of sp³-hybridized carbons (Fsp3) is 0.524. The summed E-state index contributed by atoms with van der Waals surface area (Å²) >= 11 is 0. The first-order chi connectivity index (χ1) is 12.7. The van der Waals surface area contributed by atoms with Crippen molar-refractivity contribution < 1.29 is 4.74 Å². The molecule has 1 fully saturated rings. The molecule has 1 saturated heterocycles. The van der Waals surface area contributed by atoms with Gasteiger partial charge in [-0.05, 0) is 49.3 Å². The third-order valence-electron chi connectivity index (χ3n) is 5.68. The summed E-state index contributed by atoms with van der Waals surface area (Å²) in [5.41, 5.74) is 5.54. The van der Waals surface area contributed by atoms with Gasteiger partial charge in [-0.25, -0.2) is 0 Å². The summed E-state index contributed by atoms with van der Waals surface area (Å²) in [6.45, 7) is 5.63. The molecule has 26 heavy (non-hydrogen) atoms. The van der Waals surface area contributed by atoms with Crippen molar-refractivity contribution in [2.45, 2.75) is 31.9 Å². The Morgan fingerprint density at radius 1 is 1.35 bits per heavy atom. The normalized spacial score (nSPS) is 30.0. The van der Waals surface area contributed by atoms with Gasteiger partial charge in [0, 0.05) is 44.2 Å². The van der Waals surface area contributed by atoms with E-state index in [-0.39, 0.29) is 6.10 Å². The predicted molar refractivity (Wildman–Crippen MR) is 103 cm³/mol. The third kappa shape index (κ3) is 3.15. The average molecular weight is 350 g/mol. The molecule has 0 saturated carbocycles. The van der Waals surface area contributed by atoms with Crippen molar-refractivity contribution in [2.75, 3.05) is 33.3 Å². The molecule has 5 nitrogen and oxygen atoms in total. The van der Waals surface area contributed by atoms with Crippen LogP contribution in [0.25, 0.3) is 0 Å². The maximum Gasteiger partial charge on any atom is 0.0948 e. The summed E-state index contributed by atoms with van der Waals surface area (Å²) in [7, 11) is 2.18. The van der Waals surface area contributed by atoms with Crippen LogP contribution in [0.3, 0.4) is 0 Å². The maximum absolute atomic E-state index is 9.41. The molecule has 2 heterocycles. The van der Waals surface area contributed by atoms with E-state index in [1.54, 1.807) is 0 Å². The Kier molecular flexibility index (Phi) is 4.80. The predicted octanol–water partition coefficient (Wildman–Crippen LogP) is 2.36. The van der Waals surface area contributed by atoms with Crippen LogP contribution in [0.5, 0.6) is 0 Å². The first-order valence-corrected chi connectivity index (χ1v) is 9.55. The van der Waals surface area contributed by atoms with Gasteiger partial charge in [-0.1, -0.05) is 6.08 Å². The van der Waals surface area contributed by atoms with Crippen LogP contribution in [0.15, 0.2) is 51.7 Å². The van der Waals surface area contributed by atoms with Crippen molar-refractivity contribution in [1.82, 2.24) is 10.2 Å². The van der Waals surface area contributed by atoms with Crippen molar-refractivity contribution in [3.8, 4) is 6.07 Å². The zero-order valence-corrected chi connectivity index (χ0v) is 15.5. The summed E-state index contributed by atoms with van der Waals surface area (Å²) in [6.07, 6.45) is 10.6. The van der Waals surface area contributed by atoms with E-state index < -0.39 is 0 Å². The number of nitrogens with one attached hydrogen (secondary N) is 1. The zero-order valence-electron chi connectivity index (χ0n) is 15.5. The minimum Gasteiger partial charge on any atom is -0.374 e. The first-order valence-electron chi connectivity index (χ1n) is 9.55. The number of nitriles is 1. The lowest BCUT2D eigenvalue weighted by Gasteiger charge is -2.37. The van der Waals surface area contributed by atoms with Gasteiger partial charge < -0.3 is 15.0 Å². The lowest BCUT2D eigenvalue weighted by atomic mass is 9.82. The summed E-state index contributed by atoms with van der Waals surface area (Å²) in [5.74, 6) is 0.397. The van der Waals surface area contributed by atoms with E-state index in [1.807, 2.05) is 13.0 Å². The molecule has 5 heteroatoms. The highest BCUT2D eigenvalue weighted by atomic mass is 16.5. The lowest BCUT2D eigenvalue weighted by Crippen LogP contribution is -2.42. The summed E-state index contributed by atoms with van der Waals surface area (Å²) in [4.78, 5) is 7.04. The third-order valence-corrected chi connectivity index (χ3v) is 5.68. The number of allylic oxidation sites excluding steroid dienone is 5. The molecule has 0 amide bonds. The summed E-state index contributed by atoms with van der Waals surface area (Å²) < 4.78 is 5.79. The topological polar surface area (TPSA) is 60.6 Å². The van der Waals surface area contributed by atoms with Crippen LogP contribution < -0.4 is 5.32 Å². The molecule has 136 valence electrons. The van der Waals surface area contributed by atoms with Gasteiger partial charge in [0.25, 0.3) is 0 Å². The van der Waals surface area contributed by atoms with E-state index in [0.29, 0.717) is 25.0 Å². The monoisotopic (exact) mass is 350 g/mol. The highest BCUT2D eigenvalue weighted by Crippen LogP contribution is 2.35. The fourth-order valence-corrected chi connectivity index (χ4v) is 4.15. The number of ether oxygens (including phenoxy) is 1. The van der Waals surface area contributed by atoms with Gasteiger partial charge in [0.15, 0.2) is 0 Å². The number of hydrogen-bond donors (Lipinski definition) is 1. The first kappa shape index (κ1) is 17.3. The van der Waals surface area contributed by atoms with Crippen LogP contribution in [0, 0.1) is 17.2 Å². The molecule has 0 spiro atoms. The van der Waals surface area contributed by atoms with E-state index in [1.165, 1.54) is 23.4 Å². The summed E-state index contributed by atoms with van der Waals surface area (Å²) in [6, 6.07) is 2.84. The molecule has 2 aliphatic heterocycles. The van der Waals surface area contributed by atoms with Crippen LogP contribution in [0.4, 0.5) is 0 Å². The van der Waals surface area contributed by atoms with E-state index >= 15 is 0 Å². The quantitative estimate of drug-likeness (QED) is 0.827. The summed E-state index contributed by atoms with van der Waals surface area (Å²) in [5, 5.41) is 12.9. The average Bonchev–Trinajstić information content (AvgIpc) is 3.16. The van der Waals surface area contributed by atoms with E-state index in [9.17, 15) is 5.26 Å². The van der Waals surface area contributed by atoms with Gasteiger partial charge in [0.05, 0.1) is 30.1 Å². The maximum atomic E-state index is 9.41. The largest absolute Gasteiger partial charge is 0.374 e. The second-order valence-corrected chi connectivity index (χ2v) is 7.34. The van der Waals surface area contributed by atoms with Crippen LogP contribution in [-0.2, 0) is 4.74 Å². The molecule has 4 aliphatic rings. The van der Waals surface area contributed by atoms with Gasteiger partial charge in [0.1, 0.15) is 0 Å². The molecule has 0 aromatic heterocycles. The van der Waals surface area contributed by atoms with Crippen LogP contribution >= 0.6 is 0 Å². The van der Waals surface area contributed by atoms with E-state index in [2.05, 4.69) is 46.6 Å². The number of rotatable bonds is 5. The standard InChI is InChI=1S/C21H26N4O/c1-3-26-19-7-14(11-22)6-15(9-19)16-8-17-12-24-21(17)20(10-16)25(2)18-4-5-23-13-18/h6,8-10,17-19,23H,3-5,7,12-13H2,1-2H3. The van der Waals surface area contributed by atoms with Gasteiger partial charge >= 0.3 is 0 Å². The molecule has 0 bridgehead atoms. The van der Waals surface area contributed by atoms with Gasteiger partial charge in [0.2, 0.25) is 0 Å². The number of hydrogen-bond acceptors (Lipinski definition) is 5. The molecule has 0 aromatic rings. The Balaban J connectivity index is 1.65. The van der Waals surface area contributed by atoms with Gasteiger partial charge in [-0.3, -0.25) is 4.99 Å². The molecular formula is C21H26N4O. The number of aliphatic imine (C=N–C) groups is 1. The Labute approximate surface area is 155 Å². The Hall–Kier alpha value is -2.16. The van der Waals surface area contributed by atoms with Crippen LogP contribution in [-0.4, -0.2) is 56.0 Å². The molecule has 0 aromatic carbocycles. The van der Waals surface area contributed by atoms with Gasteiger partial charge in [-0.15, -0.1) is 0 Å². The highest BCUT2D eigenvalue weighted by molar-refractivity contribution is 6.07. The number of nitrogens with zero attached hydrogens (tertiary/aromatic N) is 3. The second-order valence-electron chi connectivity index (χ2n) is 7.34. The Morgan fingerprint density at radius 3 is 2.85 bits per heavy atom. The molecule has 3 atom stereocenters. The van der Waals surface area contributed by atoms with Crippen molar-refractivity contribution in [3.05, 3.63) is 46.7 Å². The van der Waals surface area contributed by atoms with Crippen molar-refractivity contribution in [3.63, 3.8) is 0 Å². The molecular weight excluding hydrogens is 324 g/mol. The van der Waals surface area contributed by atoms with Crippen molar-refractivity contribution in [1.29, 1.82) is 5.26 Å². The smallest absolute Gasteiger partial charge is 0.0948 e. The Bertz CT molecular complexity index is 774. The highest BCUT2D eigenvalue weighted by Gasteiger charge is 2.34. The molecule has 2 aliphatic carbocycles. The second kappa shape index (κ2) is 7.22. The number of likely N-dealkylation sites (N-methyl/N-ethyl adjacent to an activating group) is 1. The minimum atomic E-state index is -0.0133. The minimum absolute atomic E-state index is 0.0133. The molecule has 1 N–H and O–H groups in total. The van der Waals surface area contributed by atoms with E-state index in [0.717, 1.165) is 30.8 Å². The van der Waals surface area contributed by atoms with E-state index in [4.69, 9.17) is 4.74 Å². The molecule has 0 radical (unpaired) electrons. The van der Waals surface area contributed by atoms with Crippen LogP contribution in [0.1, 0.15) is 19.8 Å². The zero-order chi connectivity index (χ0) is 18.1. The lowest BCUT2D eigenvalue weighted by molar-refractivity contribution is 0.0961. The molecule has 4 rings (SSSR count).